The average Bonchev–Trinajstić information content (AvgIpc) is 2.39. The van der Waals surface area contributed by atoms with Gasteiger partial charge in [-0.25, -0.2) is 9.18 Å². The predicted octanol–water partition coefficient (Wildman–Crippen LogP) is 3.58. The lowest BCUT2D eigenvalue weighted by Crippen LogP contribution is -2.35. The van der Waals surface area contributed by atoms with Crippen molar-refractivity contribution >= 4 is 28.0 Å². The van der Waals surface area contributed by atoms with Gasteiger partial charge in [0.25, 0.3) is 0 Å². The lowest BCUT2D eigenvalue weighted by Gasteiger charge is -2.19. The molecule has 1 rings (SSSR count). The first-order valence-electron chi connectivity index (χ1n) is 6.50. The summed E-state index contributed by atoms with van der Waals surface area (Å²) in [6, 6.07) is 5.04. The summed E-state index contributed by atoms with van der Waals surface area (Å²) in [4.78, 5) is 21.5. The highest BCUT2D eigenvalue weighted by Crippen LogP contribution is 2.15. The van der Waals surface area contributed by atoms with Crippen molar-refractivity contribution in [2.24, 2.45) is 0 Å². The van der Waals surface area contributed by atoms with E-state index in [4.69, 9.17) is 4.74 Å². The summed E-state index contributed by atoms with van der Waals surface area (Å²) >= 11 is 3.05. The van der Waals surface area contributed by atoms with Crippen LogP contribution in [0.3, 0.4) is 0 Å². The van der Waals surface area contributed by atoms with E-state index in [0.717, 1.165) is 5.56 Å². The molecule has 124 valence electrons. The molecule has 0 radical (unpaired) electrons. The van der Waals surface area contributed by atoms with Crippen LogP contribution in [0.15, 0.2) is 22.7 Å². The summed E-state index contributed by atoms with van der Waals surface area (Å²) in [6.07, 6.45) is -0.627. The number of hydrogen-bond donors (Lipinski definition) is 1. The number of benzene rings is 1. The van der Waals surface area contributed by atoms with Gasteiger partial charge in [-0.05, 0) is 61.3 Å². The summed E-state index contributed by atoms with van der Waals surface area (Å²) in [5.41, 5.74) is 0.385. The number of alkyl carbamates (subject to hydrolysis) is 1. The van der Waals surface area contributed by atoms with Gasteiger partial charge in [-0.15, -0.1) is 0 Å². The maximum absolute atomic E-state index is 12.5. The molecule has 1 aromatic carbocycles. The number of aryl methyl sites for hydroxylation is 1. The van der Waals surface area contributed by atoms with E-state index in [2.05, 4.69) is 26.0 Å². The smallest absolute Gasteiger partial charge is 0.408 e. The zero-order valence-corrected chi connectivity index (χ0v) is 14.9. The van der Waals surface area contributed by atoms with Crippen molar-refractivity contribution < 1.29 is 23.5 Å². The van der Waals surface area contributed by atoms with E-state index < -0.39 is 17.7 Å². The second kappa shape index (κ2) is 9.40. The minimum absolute atomic E-state index is 0.175. The molecule has 0 spiro atoms. The number of esters is 1. The standard InChI is InChI=1S/C8H15NO4.C7H6BrF/c1-8(2,3)13-7(11)9-5-6(10)12-4;1-5-2-3-6(8)7(9)4-5/h5H2,1-4H3,(H,9,11);2-4H,1H3. The fourth-order valence-corrected chi connectivity index (χ4v) is 1.38. The van der Waals surface area contributed by atoms with Gasteiger partial charge < -0.3 is 14.8 Å². The highest BCUT2D eigenvalue weighted by molar-refractivity contribution is 9.10. The predicted molar refractivity (Wildman–Crippen MR) is 85.1 cm³/mol. The first kappa shape index (κ1) is 20.4. The van der Waals surface area contributed by atoms with Gasteiger partial charge in [0.2, 0.25) is 0 Å². The number of ether oxygens (including phenoxy) is 2. The number of nitrogens with one attached hydrogen (secondary N) is 1. The number of amides is 1. The number of halogens is 2. The van der Waals surface area contributed by atoms with Crippen molar-refractivity contribution in [2.45, 2.75) is 33.3 Å². The Morgan fingerprint density at radius 1 is 1.32 bits per heavy atom. The van der Waals surface area contributed by atoms with Crippen LogP contribution in [0.1, 0.15) is 26.3 Å². The van der Waals surface area contributed by atoms with Gasteiger partial charge in [-0.1, -0.05) is 6.07 Å². The van der Waals surface area contributed by atoms with Gasteiger partial charge in [0.05, 0.1) is 11.6 Å². The summed E-state index contributed by atoms with van der Waals surface area (Å²) in [5, 5.41) is 2.25. The Bertz CT molecular complexity index is 515. The Balaban J connectivity index is 0.000000425. The maximum Gasteiger partial charge on any atom is 0.408 e. The molecule has 7 heteroatoms. The van der Waals surface area contributed by atoms with E-state index >= 15 is 0 Å². The van der Waals surface area contributed by atoms with E-state index in [0.29, 0.717) is 4.47 Å². The van der Waals surface area contributed by atoms with E-state index in [1.54, 1.807) is 26.8 Å². The average molecular weight is 378 g/mol. The van der Waals surface area contributed by atoms with E-state index in [-0.39, 0.29) is 12.4 Å². The Hall–Kier alpha value is -1.63. The van der Waals surface area contributed by atoms with Crippen molar-refractivity contribution in [3.8, 4) is 0 Å². The minimum atomic E-state index is -0.627. The van der Waals surface area contributed by atoms with Crippen LogP contribution in [0.2, 0.25) is 0 Å². The van der Waals surface area contributed by atoms with Crippen LogP contribution in [-0.2, 0) is 14.3 Å². The fraction of sp³-hybridized carbons (Fsp3) is 0.467. The van der Waals surface area contributed by atoms with Gasteiger partial charge in [-0.3, -0.25) is 4.79 Å². The molecular weight excluding hydrogens is 357 g/mol. The molecule has 1 N–H and O–H groups in total. The van der Waals surface area contributed by atoms with Crippen LogP contribution in [-0.4, -0.2) is 31.3 Å². The van der Waals surface area contributed by atoms with E-state index in [9.17, 15) is 14.0 Å². The second-order valence-electron chi connectivity index (χ2n) is 5.35. The monoisotopic (exact) mass is 377 g/mol. The molecule has 0 aromatic heterocycles. The van der Waals surface area contributed by atoms with Crippen molar-refractivity contribution in [2.75, 3.05) is 13.7 Å². The minimum Gasteiger partial charge on any atom is -0.468 e. The second-order valence-corrected chi connectivity index (χ2v) is 6.20. The van der Waals surface area contributed by atoms with Crippen LogP contribution in [0.4, 0.5) is 9.18 Å². The van der Waals surface area contributed by atoms with Crippen LogP contribution in [0, 0.1) is 12.7 Å². The summed E-state index contributed by atoms with van der Waals surface area (Å²) in [6.45, 7) is 6.90. The number of carbonyl (C=O) groups excluding carboxylic acids is 2. The number of rotatable bonds is 2. The molecule has 1 aromatic rings. The Morgan fingerprint density at radius 3 is 2.32 bits per heavy atom. The highest BCUT2D eigenvalue weighted by atomic mass is 79.9. The topological polar surface area (TPSA) is 64.6 Å². The van der Waals surface area contributed by atoms with Crippen LogP contribution in [0.25, 0.3) is 0 Å². The quantitative estimate of drug-likeness (QED) is 0.799. The van der Waals surface area contributed by atoms with Gasteiger partial charge >= 0.3 is 12.1 Å². The molecule has 5 nitrogen and oxygen atoms in total. The van der Waals surface area contributed by atoms with E-state index in [1.807, 2.05) is 13.0 Å². The van der Waals surface area contributed by atoms with Crippen LogP contribution < -0.4 is 5.32 Å². The molecule has 0 saturated heterocycles. The molecule has 22 heavy (non-hydrogen) atoms. The van der Waals surface area contributed by atoms with Gasteiger partial charge in [0, 0.05) is 0 Å². The fourth-order valence-electron chi connectivity index (χ4n) is 1.13. The van der Waals surface area contributed by atoms with Crippen LogP contribution in [0.5, 0.6) is 0 Å². The Labute approximate surface area is 138 Å². The third-order valence-corrected chi connectivity index (χ3v) is 2.72. The first-order chi connectivity index (χ1) is 10.0. The molecule has 0 fully saturated rings. The van der Waals surface area contributed by atoms with Crippen molar-refractivity contribution in [1.82, 2.24) is 5.32 Å². The molecular formula is C15H21BrFNO4. The molecule has 0 aliphatic carbocycles. The number of carbonyl (C=O) groups is 2. The normalized spacial score (nSPS) is 10.1. The molecule has 0 atom stereocenters. The zero-order valence-electron chi connectivity index (χ0n) is 13.3. The SMILES string of the molecule is COC(=O)CNC(=O)OC(C)(C)C.Cc1ccc(Br)c(F)c1. The lowest BCUT2D eigenvalue weighted by molar-refractivity contribution is -0.139. The number of methoxy groups -OCH3 is 1. The van der Waals surface area contributed by atoms with E-state index in [1.165, 1.54) is 13.2 Å². The van der Waals surface area contributed by atoms with Gasteiger partial charge in [0.15, 0.2) is 0 Å². The van der Waals surface area contributed by atoms with Crippen LogP contribution >= 0.6 is 15.9 Å². The molecule has 0 heterocycles. The Kier molecular flexibility index (Phi) is 8.70. The van der Waals surface area contributed by atoms with Gasteiger partial charge in [-0.2, -0.15) is 0 Å². The third-order valence-electron chi connectivity index (χ3n) is 2.08. The zero-order chi connectivity index (χ0) is 17.3. The van der Waals surface area contributed by atoms with Crippen molar-refractivity contribution in [1.29, 1.82) is 0 Å². The summed E-state index contributed by atoms with van der Waals surface area (Å²) in [7, 11) is 1.25. The molecule has 0 saturated carbocycles. The lowest BCUT2D eigenvalue weighted by atomic mass is 10.2. The molecule has 0 aliphatic rings. The molecule has 0 bridgehead atoms. The molecule has 1 amide bonds. The van der Waals surface area contributed by atoms with Crippen molar-refractivity contribution in [3.63, 3.8) is 0 Å². The Morgan fingerprint density at radius 2 is 1.91 bits per heavy atom. The molecule has 0 aliphatic heterocycles. The molecule has 0 unspecified atom stereocenters. The van der Waals surface area contributed by atoms with Gasteiger partial charge in [0.1, 0.15) is 18.0 Å². The maximum atomic E-state index is 12.5. The summed E-state index contributed by atoms with van der Waals surface area (Å²) < 4.78 is 22.3. The largest absolute Gasteiger partial charge is 0.468 e. The number of hydrogen-bond acceptors (Lipinski definition) is 4. The first-order valence-corrected chi connectivity index (χ1v) is 7.29. The highest BCUT2D eigenvalue weighted by Gasteiger charge is 2.16. The van der Waals surface area contributed by atoms with Crippen molar-refractivity contribution in [3.05, 3.63) is 34.1 Å². The third kappa shape index (κ3) is 10.1. The summed E-state index contributed by atoms with van der Waals surface area (Å²) in [5.74, 6) is -0.708.